The minimum Gasteiger partial charge on any atom is -0.494 e. The van der Waals surface area contributed by atoms with Crippen LogP contribution in [0.15, 0.2) is 65.5 Å². The van der Waals surface area contributed by atoms with Gasteiger partial charge in [0.15, 0.2) is 0 Å². The first-order valence-electron chi connectivity index (χ1n) is 11.6. The van der Waals surface area contributed by atoms with E-state index in [2.05, 4.69) is 0 Å². The first-order valence-corrected chi connectivity index (χ1v) is 11.6. The Hall–Kier alpha value is -4.26. The third-order valence-electron chi connectivity index (χ3n) is 6.77. The summed E-state index contributed by atoms with van der Waals surface area (Å²) >= 11 is 0. The first-order chi connectivity index (χ1) is 17.7. The van der Waals surface area contributed by atoms with E-state index < -0.39 is 29.3 Å². The number of aromatic nitrogens is 2. The minimum absolute atomic E-state index is 0.0416. The van der Waals surface area contributed by atoms with Gasteiger partial charge in [0.05, 0.1) is 42.0 Å². The van der Waals surface area contributed by atoms with E-state index in [1.54, 1.807) is 27.7 Å². The molecular formula is C27H22F4N4O2. The number of hydrogen-bond acceptors (Lipinski definition) is 4. The SMILES string of the molecule is COc1cccc2c1n(Cc1ccccc1C(F)(F)F)c(=O)n2C1CCN(c2c(F)cccc2C#N)C1. The number of rotatable bonds is 5. The van der Waals surface area contributed by atoms with Crippen LogP contribution in [0, 0.1) is 17.1 Å². The van der Waals surface area contributed by atoms with E-state index in [0.717, 1.165) is 6.07 Å². The van der Waals surface area contributed by atoms with Gasteiger partial charge in [-0.1, -0.05) is 30.3 Å². The van der Waals surface area contributed by atoms with Crippen molar-refractivity contribution in [3.8, 4) is 11.8 Å². The second-order valence-electron chi connectivity index (χ2n) is 8.86. The molecular weight excluding hydrogens is 488 g/mol. The standard InChI is InChI=1S/C27H22F4N4O2/c1-37-23-11-5-10-22-25(23)34(15-18-6-2-3-8-20(18)27(29,30)31)26(36)35(22)19-12-13-33(16-19)24-17(14-32)7-4-9-21(24)28/h2-11,19H,12-13,15-16H2,1H3. The number of nitriles is 1. The molecule has 6 nitrogen and oxygen atoms in total. The highest BCUT2D eigenvalue weighted by molar-refractivity contribution is 5.83. The van der Waals surface area contributed by atoms with Crippen molar-refractivity contribution in [2.75, 3.05) is 25.1 Å². The molecule has 190 valence electrons. The molecule has 10 heteroatoms. The van der Waals surface area contributed by atoms with Gasteiger partial charge in [-0.25, -0.2) is 9.18 Å². The fraction of sp³-hybridized carbons (Fsp3) is 0.259. The maximum Gasteiger partial charge on any atom is 0.416 e. The van der Waals surface area contributed by atoms with Crippen LogP contribution >= 0.6 is 0 Å². The van der Waals surface area contributed by atoms with Gasteiger partial charge < -0.3 is 9.64 Å². The Kier molecular flexibility index (Phi) is 6.15. The molecule has 1 aromatic heterocycles. The number of nitrogens with zero attached hydrogens (tertiary/aromatic N) is 4. The zero-order chi connectivity index (χ0) is 26.3. The van der Waals surface area contributed by atoms with Crippen molar-refractivity contribution in [2.24, 2.45) is 0 Å². The molecule has 0 bridgehead atoms. The highest BCUT2D eigenvalue weighted by Crippen LogP contribution is 2.36. The summed E-state index contributed by atoms with van der Waals surface area (Å²) in [6, 6.07) is 16.1. The van der Waals surface area contributed by atoms with E-state index in [1.807, 2.05) is 6.07 Å². The van der Waals surface area contributed by atoms with Gasteiger partial charge in [0.2, 0.25) is 0 Å². The van der Waals surface area contributed by atoms with Crippen LogP contribution in [0.4, 0.5) is 23.2 Å². The molecule has 1 fully saturated rings. The fourth-order valence-electron chi connectivity index (χ4n) is 5.16. The normalized spacial score (nSPS) is 15.8. The number of hydrogen-bond donors (Lipinski definition) is 0. The quantitative estimate of drug-likeness (QED) is 0.340. The van der Waals surface area contributed by atoms with Crippen molar-refractivity contribution in [1.29, 1.82) is 5.26 Å². The largest absolute Gasteiger partial charge is 0.494 e. The Morgan fingerprint density at radius 2 is 1.84 bits per heavy atom. The predicted octanol–water partition coefficient (Wildman–Crippen LogP) is 5.34. The first kappa shape index (κ1) is 24.4. The topological polar surface area (TPSA) is 63.2 Å². The molecule has 4 aromatic rings. The summed E-state index contributed by atoms with van der Waals surface area (Å²) in [6.07, 6.45) is -4.10. The van der Waals surface area contributed by atoms with Crippen molar-refractivity contribution in [2.45, 2.75) is 25.2 Å². The van der Waals surface area contributed by atoms with Crippen molar-refractivity contribution in [1.82, 2.24) is 9.13 Å². The van der Waals surface area contributed by atoms with Gasteiger partial charge in [0, 0.05) is 13.1 Å². The van der Waals surface area contributed by atoms with E-state index in [1.165, 1.54) is 48.1 Å². The zero-order valence-corrected chi connectivity index (χ0v) is 19.8. The molecule has 5 rings (SSSR count). The molecule has 1 atom stereocenters. The highest BCUT2D eigenvalue weighted by Gasteiger charge is 2.34. The Morgan fingerprint density at radius 3 is 2.57 bits per heavy atom. The zero-order valence-electron chi connectivity index (χ0n) is 19.8. The summed E-state index contributed by atoms with van der Waals surface area (Å²) in [5.74, 6) is -0.173. The summed E-state index contributed by atoms with van der Waals surface area (Å²) in [5.41, 5.74) is -0.0728. The molecule has 0 N–H and O–H groups in total. The van der Waals surface area contributed by atoms with Crippen LogP contribution in [0.2, 0.25) is 0 Å². The second-order valence-corrected chi connectivity index (χ2v) is 8.86. The summed E-state index contributed by atoms with van der Waals surface area (Å²) in [6.45, 7) is 0.353. The van der Waals surface area contributed by atoms with Crippen molar-refractivity contribution < 1.29 is 22.3 Å². The lowest BCUT2D eigenvalue weighted by molar-refractivity contribution is -0.138. The lowest BCUT2D eigenvalue weighted by Crippen LogP contribution is -2.30. The summed E-state index contributed by atoms with van der Waals surface area (Å²) < 4.78 is 64.0. The number of anilines is 1. The van der Waals surface area contributed by atoms with E-state index >= 15 is 0 Å². The van der Waals surface area contributed by atoms with Gasteiger partial charge in [-0.15, -0.1) is 0 Å². The van der Waals surface area contributed by atoms with E-state index in [9.17, 15) is 27.6 Å². The van der Waals surface area contributed by atoms with Gasteiger partial charge in [-0.05, 0) is 42.3 Å². The lowest BCUT2D eigenvalue weighted by Gasteiger charge is -2.21. The summed E-state index contributed by atoms with van der Waals surface area (Å²) in [4.78, 5) is 15.5. The number of para-hydroxylation sites is 2. The second kappa shape index (κ2) is 9.32. The number of halogens is 4. The van der Waals surface area contributed by atoms with E-state index in [0.29, 0.717) is 29.7 Å². The van der Waals surface area contributed by atoms with Gasteiger partial charge in [-0.3, -0.25) is 9.13 Å². The molecule has 37 heavy (non-hydrogen) atoms. The van der Waals surface area contributed by atoms with E-state index in [4.69, 9.17) is 4.74 Å². The highest BCUT2D eigenvalue weighted by atomic mass is 19.4. The molecule has 2 heterocycles. The lowest BCUT2D eigenvalue weighted by atomic mass is 10.1. The third-order valence-corrected chi connectivity index (χ3v) is 6.77. The summed E-state index contributed by atoms with van der Waals surface area (Å²) in [5, 5.41) is 9.46. The molecule has 1 aliphatic heterocycles. The van der Waals surface area contributed by atoms with Crippen molar-refractivity contribution in [3.05, 3.63) is 93.7 Å². The number of methoxy groups -OCH3 is 1. The molecule has 1 saturated heterocycles. The number of fused-ring (bicyclic) bond motifs is 1. The van der Waals surface area contributed by atoms with Gasteiger partial charge in [-0.2, -0.15) is 18.4 Å². The van der Waals surface area contributed by atoms with Crippen molar-refractivity contribution in [3.63, 3.8) is 0 Å². The molecule has 0 aliphatic carbocycles. The average molecular weight is 510 g/mol. The number of alkyl halides is 3. The molecule has 1 aliphatic rings. The molecule has 0 saturated carbocycles. The van der Waals surface area contributed by atoms with Crippen LogP contribution in [-0.4, -0.2) is 29.3 Å². The Morgan fingerprint density at radius 1 is 1.08 bits per heavy atom. The molecule has 0 amide bonds. The van der Waals surface area contributed by atoms with Gasteiger partial charge in [0.25, 0.3) is 0 Å². The van der Waals surface area contributed by atoms with Crippen LogP contribution in [0.5, 0.6) is 5.75 Å². The summed E-state index contributed by atoms with van der Waals surface area (Å²) in [7, 11) is 1.43. The Labute approximate surface area is 209 Å². The van der Waals surface area contributed by atoms with Crippen molar-refractivity contribution >= 4 is 16.7 Å². The Balaban J connectivity index is 1.61. The fourth-order valence-corrected chi connectivity index (χ4v) is 5.16. The average Bonchev–Trinajstić information content (AvgIpc) is 3.45. The number of imidazole rings is 1. The minimum atomic E-state index is -4.58. The maximum absolute atomic E-state index is 14.7. The van der Waals surface area contributed by atoms with Crippen LogP contribution in [0.1, 0.15) is 29.2 Å². The number of benzene rings is 3. The molecule has 3 aromatic carbocycles. The van der Waals surface area contributed by atoms with Gasteiger partial charge in [0.1, 0.15) is 23.2 Å². The number of ether oxygens (including phenoxy) is 1. The molecule has 0 spiro atoms. The van der Waals surface area contributed by atoms with Crippen LogP contribution in [-0.2, 0) is 12.7 Å². The van der Waals surface area contributed by atoms with Gasteiger partial charge >= 0.3 is 11.9 Å². The predicted molar refractivity (Wildman–Crippen MR) is 130 cm³/mol. The monoisotopic (exact) mass is 510 g/mol. The van der Waals surface area contributed by atoms with Crippen LogP contribution in [0.25, 0.3) is 11.0 Å². The third kappa shape index (κ3) is 4.20. The molecule has 0 radical (unpaired) electrons. The Bertz CT molecular complexity index is 1580. The maximum atomic E-state index is 14.7. The van der Waals surface area contributed by atoms with E-state index in [-0.39, 0.29) is 29.9 Å². The molecule has 1 unspecified atom stereocenters. The van der Waals surface area contributed by atoms with Crippen LogP contribution in [0.3, 0.4) is 0 Å². The smallest absolute Gasteiger partial charge is 0.416 e. The van der Waals surface area contributed by atoms with Crippen LogP contribution < -0.4 is 15.3 Å².